The van der Waals surface area contributed by atoms with E-state index in [0.717, 1.165) is 11.1 Å². The Morgan fingerprint density at radius 2 is 1.79 bits per heavy atom. The number of aromatic nitrogens is 5. The molecular weight excluding hydrogens is 373 g/mol. The summed E-state index contributed by atoms with van der Waals surface area (Å²) in [6, 6.07) is 11.4. The first-order chi connectivity index (χ1) is 14.0. The topological polar surface area (TPSA) is 112 Å². The highest BCUT2D eigenvalue weighted by Crippen LogP contribution is 2.27. The van der Waals surface area contributed by atoms with Gasteiger partial charge in [0.05, 0.1) is 17.6 Å². The molecule has 144 valence electrons. The van der Waals surface area contributed by atoms with E-state index in [9.17, 15) is 9.18 Å². The third-order valence-corrected chi connectivity index (χ3v) is 4.26. The number of nitrogens with two attached hydrogens (primary N) is 1. The van der Waals surface area contributed by atoms with Gasteiger partial charge in [-0.2, -0.15) is 4.39 Å². The summed E-state index contributed by atoms with van der Waals surface area (Å²) in [4.78, 5) is 20.4. The molecule has 3 aromatic heterocycles. The number of nitrogen functional groups attached to an aromatic ring is 1. The fourth-order valence-electron chi connectivity index (χ4n) is 2.74. The number of nitrogens with one attached hydrogen (secondary N) is 1. The van der Waals surface area contributed by atoms with E-state index in [4.69, 9.17) is 5.73 Å². The predicted octanol–water partition coefficient (Wildman–Crippen LogP) is 2.91. The predicted molar refractivity (Wildman–Crippen MR) is 106 cm³/mol. The second-order valence-electron chi connectivity index (χ2n) is 6.34. The van der Waals surface area contributed by atoms with Crippen molar-refractivity contribution < 1.29 is 9.18 Å². The van der Waals surface area contributed by atoms with Crippen LogP contribution in [0, 0.1) is 5.95 Å². The van der Waals surface area contributed by atoms with Gasteiger partial charge in [0.25, 0.3) is 5.91 Å². The van der Waals surface area contributed by atoms with Crippen molar-refractivity contribution in [2.75, 3.05) is 11.1 Å². The molecule has 0 aliphatic carbocycles. The number of hydrogen-bond donors (Lipinski definition) is 2. The van der Waals surface area contributed by atoms with Gasteiger partial charge in [-0.05, 0) is 42.0 Å². The van der Waals surface area contributed by atoms with Gasteiger partial charge in [0.2, 0.25) is 5.95 Å². The first-order valence-corrected chi connectivity index (χ1v) is 8.65. The number of carbonyl (C=O) groups excluding carboxylic acids is 1. The molecule has 0 spiro atoms. The number of aryl methyl sites for hydroxylation is 1. The minimum absolute atomic E-state index is 0.228. The molecule has 0 saturated carbocycles. The number of pyridine rings is 2. The van der Waals surface area contributed by atoms with Gasteiger partial charge in [-0.1, -0.05) is 11.3 Å². The third-order valence-electron chi connectivity index (χ3n) is 4.26. The summed E-state index contributed by atoms with van der Waals surface area (Å²) in [6.07, 6.45) is 4.73. The van der Waals surface area contributed by atoms with Crippen LogP contribution < -0.4 is 11.1 Å². The van der Waals surface area contributed by atoms with Crippen LogP contribution in [0.5, 0.6) is 0 Å². The van der Waals surface area contributed by atoms with E-state index in [1.807, 2.05) is 0 Å². The fourth-order valence-corrected chi connectivity index (χ4v) is 2.74. The quantitative estimate of drug-likeness (QED) is 0.410. The number of hydrogen-bond acceptors (Lipinski definition) is 6. The molecule has 0 fully saturated rings. The van der Waals surface area contributed by atoms with Crippen LogP contribution in [0.2, 0.25) is 0 Å². The Balaban J connectivity index is 1.55. The molecule has 0 atom stereocenters. The van der Waals surface area contributed by atoms with Crippen LogP contribution in [-0.2, 0) is 7.05 Å². The molecule has 29 heavy (non-hydrogen) atoms. The van der Waals surface area contributed by atoms with Gasteiger partial charge in [0.1, 0.15) is 11.4 Å². The Kier molecular flexibility index (Phi) is 4.70. The van der Waals surface area contributed by atoms with E-state index < -0.39 is 11.9 Å². The van der Waals surface area contributed by atoms with Crippen molar-refractivity contribution in [2.45, 2.75) is 0 Å². The van der Waals surface area contributed by atoms with Crippen molar-refractivity contribution in [3.63, 3.8) is 0 Å². The zero-order valence-electron chi connectivity index (χ0n) is 15.4. The molecular formula is C20H16FN7O. The summed E-state index contributed by atoms with van der Waals surface area (Å²) in [7, 11) is 1.77. The van der Waals surface area contributed by atoms with Gasteiger partial charge < -0.3 is 11.1 Å². The van der Waals surface area contributed by atoms with Crippen LogP contribution in [0.3, 0.4) is 0 Å². The molecule has 8 nitrogen and oxygen atoms in total. The molecule has 1 amide bonds. The molecule has 0 unspecified atom stereocenters. The highest BCUT2D eigenvalue weighted by atomic mass is 19.1. The maximum absolute atomic E-state index is 13.0. The van der Waals surface area contributed by atoms with Crippen LogP contribution in [0.4, 0.5) is 15.8 Å². The van der Waals surface area contributed by atoms with Crippen molar-refractivity contribution in [1.82, 2.24) is 25.0 Å². The third kappa shape index (κ3) is 3.93. The Morgan fingerprint density at radius 1 is 1.03 bits per heavy atom. The average Bonchev–Trinajstić information content (AvgIpc) is 3.17. The largest absolute Gasteiger partial charge is 0.397 e. The lowest BCUT2D eigenvalue weighted by Gasteiger charge is -2.10. The van der Waals surface area contributed by atoms with Gasteiger partial charge in [0, 0.05) is 30.6 Å². The number of anilines is 2. The zero-order chi connectivity index (χ0) is 20.4. The van der Waals surface area contributed by atoms with Crippen LogP contribution in [-0.4, -0.2) is 30.9 Å². The lowest BCUT2D eigenvalue weighted by molar-refractivity contribution is 0.102. The number of nitrogens with zero attached hydrogens (tertiary/aromatic N) is 5. The van der Waals surface area contributed by atoms with Crippen molar-refractivity contribution in [1.29, 1.82) is 0 Å². The molecule has 0 saturated heterocycles. The van der Waals surface area contributed by atoms with Gasteiger partial charge in [-0.15, -0.1) is 5.10 Å². The second-order valence-corrected chi connectivity index (χ2v) is 6.34. The first-order valence-electron chi connectivity index (χ1n) is 8.65. The van der Waals surface area contributed by atoms with E-state index in [0.29, 0.717) is 22.6 Å². The number of benzene rings is 1. The first kappa shape index (κ1) is 18.2. The lowest BCUT2D eigenvalue weighted by atomic mass is 10.1. The van der Waals surface area contributed by atoms with Crippen LogP contribution >= 0.6 is 0 Å². The molecule has 4 aromatic rings. The smallest absolute Gasteiger partial charge is 0.274 e. The molecule has 3 heterocycles. The zero-order valence-corrected chi connectivity index (χ0v) is 15.4. The molecule has 0 radical (unpaired) electrons. The average molecular weight is 389 g/mol. The number of amides is 1. The summed E-state index contributed by atoms with van der Waals surface area (Å²) >= 11 is 0. The normalized spacial score (nSPS) is 10.7. The van der Waals surface area contributed by atoms with Gasteiger partial charge in [-0.3, -0.25) is 14.5 Å². The maximum Gasteiger partial charge on any atom is 0.274 e. The Morgan fingerprint density at radius 3 is 2.45 bits per heavy atom. The van der Waals surface area contributed by atoms with E-state index in [1.165, 1.54) is 12.3 Å². The minimum Gasteiger partial charge on any atom is -0.397 e. The lowest BCUT2D eigenvalue weighted by Crippen LogP contribution is -2.14. The maximum atomic E-state index is 13.0. The number of halogens is 1. The molecule has 3 N–H and O–H groups in total. The molecule has 0 bridgehead atoms. The van der Waals surface area contributed by atoms with Crippen molar-refractivity contribution in [3.05, 3.63) is 72.7 Å². The van der Waals surface area contributed by atoms with Crippen LogP contribution in [0.15, 0.2) is 61.1 Å². The van der Waals surface area contributed by atoms with Gasteiger partial charge in [-0.25, -0.2) is 4.98 Å². The monoisotopic (exact) mass is 389 g/mol. The SMILES string of the molecule is Cn1cc(-c2ccc(C(=O)Nc3cc(-c4ccc(F)nc4)ccc3N)nc2)nn1. The van der Waals surface area contributed by atoms with E-state index in [1.54, 1.807) is 60.5 Å². The van der Waals surface area contributed by atoms with Crippen LogP contribution in [0.25, 0.3) is 22.4 Å². The molecule has 1 aromatic carbocycles. The standard InChI is InChI=1S/C20H16FN7O/c1-28-11-18(26-27-28)14-3-6-16(23-10-14)20(29)25-17-8-12(2-5-15(17)22)13-4-7-19(21)24-9-13/h2-11H,22H2,1H3,(H,25,29). The fraction of sp³-hybridized carbons (Fsp3) is 0.0500. The van der Waals surface area contributed by atoms with Gasteiger partial charge >= 0.3 is 0 Å². The van der Waals surface area contributed by atoms with E-state index in [-0.39, 0.29) is 5.69 Å². The number of carbonyl (C=O) groups is 1. The van der Waals surface area contributed by atoms with Gasteiger partial charge in [0.15, 0.2) is 0 Å². The van der Waals surface area contributed by atoms with E-state index >= 15 is 0 Å². The van der Waals surface area contributed by atoms with Crippen LogP contribution in [0.1, 0.15) is 10.5 Å². The summed E-state index contributed by atoms with van der Waals surface area (Å²) in [5.41, 5.74) is 9.90. The van der Waals surface area contributed by atoms with E-state index in [2.05, 4.69) is 25.6 Å². The Bertz CT molecular complexity index is 1170. The molecule has 0 aliphatic rings. The Hall–Kier alpha value is -4.14. The van der Waals surface area contributed by atoms with Crippen molar-refractivity contribution in [2.24, 2.45) is 7.05 Å². The van der Waals surface area contributed by atoms with Crippen molar-refractivity contribution in [3.8, 4) is 22.4 Å². The van der Waals surface area contributed by atoms with Crippen molar-refractivity contribution >= 4 is 17.3 Å². The summed E-state index contributed by atoms with van der Waals surface area (Å²) < 4.78 is 14.6. The molecule has 4 rings (SSSR count). The highest BCUT2D eigenvalue weighted by Gasteiger charge is 2.12. The Labute approximate surface area is 165 Å². The summed E-state index contributed by atoms with van der Waals surface area (Å²) in [5.74, 6) is -0.967. The summed E-state index contributed by atoms with van der Waals surface area (Å²) in [6.45, 7) is 0. The summed E-state index contributed by atoms with van der Waals surface area (Å²) in [5, 5.41) is 10.6. The molecule has 9 heteroatoms. The highest BCUT2D eigenvalue weighted by molar-refractivity contribution is 6.05. The minimum atomic E-state index is -0.561. The second kappa shape index (κ2) is 7.47. The number of rotatable bonds is 4. The molecule has 0 aliphatic heterocycles.